The van der Waals surface area contributed by atoms with Gasteiger partial charge in [0.2, 0.25) is 5.91 Å². The summed E-state index contributed by atoms with van der Waals surface area (Å²) in [6, 6.07) is 9.61. The van der Waals surface area contributed by atoms with Gasteiger partial charge in [-0.25, -0.2) is 0 Å². The molecule has 0 aliphatic carbocycles. The van der Waals surface area contributed by atoms with Gasteiger partial charge in [-0.2, -0.15) is 0 Å². The van der Waals surface area contributed by atoms with Crippen LogP contribution in [0.25, 0.3) is 0 Å². The van der Waals surface area contributed by atoms with Crippen molar-refractivity contribution < 1.29 is 9.53 Å². The highest BCUT2D eigenvalue weighted by Crippen LogP contribution is 2.33. The summed E-state index contributed by atoms with van der Waals surface area (Å²) in [5.41, 5.74) is 2.65. The van der Waals surface area contributed by atoms with Crippen LogP contribution in [-0.4, -0.2) is 78.6 Å². The van der Waals surface area contributed by atoms with Crippen LogP contribution in [-0.2, 0) is 16.1 Å². The SMILES string of the molecule is Cc1ccc(CN2CC[C@H]3[C@H]2CC(=O)N3CCN2CCOCC2)cc1. The molecule has 3 heterocycles. The maximum Gasteiger partial charge on any atom is 0.224 e. The number of rotatable bonds is 5. The molecule has 5 heteroatoms. The molecule has 0 radical (unpaired) electrons. The Kier molecular flexibility index (Phi) is 5.06. The van der Waals surface area contributed by atoms with Gasteiger partial charge in [0.15, 0.2) is 0 Å². The van der Waals surface area contributed by atoms with E-state index >= 15 is 0 Å². The van der Waals surface area contributed by atoms with Crippen LogP contribution in [0.4, 0.5) is 0 Å². The number of hydrogen-bond donors (Lipinski definition) is 0. The van der Waals surface area contributed by atoms with Crippen LogP contribution in [0, 0.1) is 6.92 Å². The van der Waals surface area contributed by atoms with E-state index in [1.807, 2.05) is 0 Å². The summed E-state index contributed by atoms with van der Waals surface area (Å²) >= 11 is 0. The lowest BCUT2D eigenvalue weighted by Crippen LogP contribution is -2.44. The van der Waals surface area contributed by atoms with Crippen molar-refractivity contribution in [3.63, 3.8) is 0 Å². The zero-order valence-electron chi connectivity index (χ0n) is 15.2. The Hall–Kier alpha value is -1.43. The fourth-order valence-corrected chi connectivity index (χ4v) is 4.50. The molecule has 3 saturated heterocycles. The number of ether oxygens (including phenoxy) is 1. The molecule has 0 spiro atoms. The highest BCUT2D eigenvalue weighted by molar-refractivity contribution is 5.80. The summed E-state index contributed by atoms with van der Waals surface area (Å²) in [6.45, 7) is 9.68. The first kappa shape index (κ1) is 17.0. The van der Waals surface area contributed by atoms with Crippen LogP contribution in [0.3, 0.4) is 0 Å². The molecule has 25 heavy (non-hydrogen) atoms. The molecule has 0 saturated carbocycles. The Morgan fingerprint density at radius 3 is 2.56 bits per heavy atom. The third-order valence-corrected chi connectivity index (χ3v) is 6.00. The summed E-state index contributed by atoms with van der Waals surface area (Å²) < 4.78 is 5.41. The first-order valence-corrected chi connectivity index (χ1v) is 9.60. The molecular formula is C20H29N3O2. The monoisotopic (exact) mass is 343 g/mol. The van der Waals surface area contributed by atoms with Crippen molar-refractivity contribution in [2.24, 2.45) is 0 Å². The van der Waals surface area contributed by atoms with E-state index in [9.17, 15) is 4.79 Å². The Balaban J connectivity index is 1.34. The smallest absolute Gasteiger partial charge is 0.224 e. The zero-order valence-corrected chi connectivity index (χ0v) is 15.2. The number of nitrogens with zero attached hydrogens (tertiary/aromatic N) is 3. The minimum atomic E-state index is 0.344. The van der Waals surface area contributed by atoms with Gasteiger partial charge in [0.05, 0.1) is 13.2 Å². The number of benzene rings is 1. The summed E-state index contributed by atoms with van der Waals surface area (Å²) in [7, 11) is 0. The van der Waals surface area contributed by atoms with E-state index in [1.165, 1.54) is 11.1 Å². The second-order valence-corrected chi connectivity index (χ2v) is 7.62. The molecule has 2 atom stereocenters. The fourth-order valence-electron chi connectivity index (χ4n) is 4.50. The van der Waals surface area contributed by atoms with Crippen molar-refractivity contribution in [3.05, 3.63) is 35.4 Å². The van der Waals surface area contributed by atoms with E-state index in [0.717, 1.165) is 58.9 Å². The van der Waals surface area contributed by atoms with Crippen LogP contribution in [0.15, 0.2) is 24.3 Å². The molecule has 3 aliphatic rings. The third-order valence-electron chi connectivity index (χ3n) is 6.00. The lowest BCUT2D eigenvalue weighted by atomic mass is 10.1. The normalized spacial score (nSPS) is 27.9. The van der Waals surface area contributed by atoms with Gasteiger partial charge in [-0.3, -0.25) is 14.6 Å². The number of carbonyl (C=O) groups excluding carboxylic acids is 1. The minimum Gasteiger partial charge on any atom is -0.379 e. The second-order valence-electron chi connectivity index (χ2n) is 7.62. The Morgan fingerprint density at radius 2 is 1.80 bits per heavy atom. The Morgan fingerprint density at radius 1 is 1.04 bits per heavy atom. The van der Waals surface area contributed by atoms with Gasteiger partial charge in [-0.15, -0.1) is 0 Å². The first-order chi connectivity index (χ1) is 12.2. The molecule has 0 N–H and O–H groups in total. The lowest BCUT2D eigenvalue weighted by Gasteiger charge is -2.30. The van der Waals surface area contributed by atoms with Crippen molar-refractivity contribution in [2.75, 3.05) is 45.9 Å². The van der Waals surface area contributed by atoms with Gasteiger partial charge in [0, 0.05) is 57.8 Å². The van der Waals surface area contributed by atoms with Gasteiger partial charge >= 0.3 is 0 Å². The predicted molar refractivity (Wildman–Crippen MR) is 97.4 cm³/mol. The zero-order chi connectivity index (χ0) is 17.2. The standard InChI is InChI=1S/C20H29N3O2/c1-16-2-4-17(5-3-16)15-22-7-6-18-19(22)14-20(24)23(18)9-8-21-10-12-25-13-11-21/h2-5,18-19H,6-15H2,1H3/t18-,19+/m0/s1. The summed E-state index contributed by atoms with van der Waals surface area (Å²) in [6.07, 6.45) is 1.81. The van der Waals surface area contributed by atoms with E-state index in [2.05, 4.69) is 45.9 Å². The highest BCUT2D eigenvalue weighted by Gasteiger charge is 2.46. The van der Waals surface area contributed by atoms with Crippen molar-refractivity contribution >= 4 is 5.91 Å². The molecule has 0 unspecified atom stereocenters. The maximum absolute atomic E-state index is 12.6. The quantitative estimate of drug-likeness (QED) is 0.812. The van der Waals surface area contributed by atoms with Gasteiger partial charge in [0.1, 0.15) is 0 Å². The average molecular weight is 343 g/mol. The maximum atomic E-state index is 12.6. The van der Waals surface area contributed by atoms with Crippen molar-refractivity contribution in [2.45, 2.75) is 38.4 Å². The van der Waals surface area contributed by atoms with E-state index in [1.54, 1.807) is 0 Å². The number of morpholine rings is 1. The Labute approximate surface area is 150 Å². The number of fused-ring (bicyclic) bond motifs is 1. The summed E-state index contributed by atoms with van der Waals surface area (Å²) in [4.78, 5) is 19.7. The van der Waals surface area contributed by atoms with E-state index in [-0.39, 0.29) is 0 Å². The number of amides is 1. The largest absolute Gasteiger partial charge is 0.379 e. The fraction of sp³-hybridized carbons (Fsp3) is 0.650. The summed E-state index contributed by atoms with van der Waals surface area (Å²) in [5.74, 6) is 0.344. The van der Waals surface area contributed by atoms with Crippen LogP contribution in [0.1, 0.15) is 24.0 Å². The average Bonchev–Trinajstić information content (AvgIpc) is 3.15. The molecule has 1 aromatic carbocycles. The van der Waals surface area contributed by atoms with E-state index < -0.39 is 0 Å². The highest BCUT2D eigenvalue weighted by atomic mass is 16.5. The van der Waals surface area contributed by atoms with Crippen molar-refractivity contribution in [1.82, 2.24) is 14.7 Å². The van der Waals surface area contributed by atoms with Crippen LogP contribution >= 0.6 is 0 Å². The van der Waals surface area contributed by atoms with E-state index in [4.69, 9.17) is 4.74 Å². The molecule has 3 fully saturated rings. The molecule has 1 amide bonds. The molecule has 5 nitrogen and oxygen atoms in total. The predicted octanol–water partition coefficient (Wildman–Crippen LogP) is 1.50. The molecule has 1 aromatic rings. The van der Waals surface area contributed by atoms with Crippen LogP contribution in [0.2, 0.25) is 0 Å². The topological polar surface area (TPSA) is 36.0 Å². The Bertz CT molecular complexity index is 597. The number of aryl methyl sites for hydroxylation is 1. The molecule has 0 bridgehead atoms. The van der Waals surface area contributed by atoms with Gasteiger partial charge in [-0.1, -0.05) is 29.8 Å². The first-order valence-electron chi connectivity index (χ1n) is 9.60. The van der Waals surface area contributed by atoms with Crippen LogP contribution < -0.4 is 0 Å². The van der Waals surface area contributed by atoms with Crippen molar-refractivity contribution in [1.29, 1.82) is 0 Å². The molecular weight excluding hydrogens is 314 g/mol. The van der Waals surface area contributed by atoms with Crippen LogP contribution in [0.5, 0.6) is 0 Å². The van der Waals surface area contributed by atoms with E-state index in [0.29, 0.717) is 24.4 Å². The number of likely N-dealkylation sites (tertiary alicyclic amines) is 2. The molecule has 136 valence electrons. The van der Waals surface area contributed by atoms with Gasteiger partial charge in [0.25, 0.3) is 0 Å². The number of hydrogen-bond acceptors (Lipinski definition) is 4. The van der Waals surface area contributed by atoms with Crippen molar-refractivity contribution in [3.8, 4) is 0 Å². The molecule has 0 aromatic heterocycles. The second kappa shape index (κ2) is 7.44. The molecule has 3 aliphatic heterocycles. The third kappa shape index (κ3) is 3.73. The number of carbonyl (C=O) groups is 1. The van der Waals surface area contributed by atoms with Gasteiger partial charge < -0.3 is 9.64 Å². The minimum absolute atomic E-state index is 0.344. The summed E-state index contributed by atoms with van der Waals surface area (Å²) in [5, 5.41) is 0. The molecule has 4 rings (SSSR count). The van der Waals surface area contributed by atoms with Gasteiger partial charge in [-0.05, 0) is 18.9 Å². The lowest BCUT2D eigenvalue weighted by molar-refractivity contribution is -0.129.